The fourth-order valence-electron chi connectivity index (χ4n) is 4.52. The van der Waals surface area contributed by atoms with Crippen LogP contribution in [-0.4, -0.2) is 23.6 Å². The molecule has 182 valence electrons. The number of anilines is 1. The number of rotatable bonds is 8. The van der Waals surface area contributed by atoms with Crippen LogP contribution in [0.15, 0.2) is 42.5 Å². The summed E-state index contributed by atoms with van der Waals surface area (Å²) in [4.78, 5) is 37.2. The van der Waals surface area contributed by atoms with Crippen LogP contribution in [0, 0.1) is 11.8 Å². The lowest BCUT2D eigenvalue weighted by molar-refractivity contribution is -0.131. The van der Waals surface area contributed by atoms with Gasteiger partial charge in [0.2, 0.25) is 5.91 Å². The third kappa shape index (κ3) is 6.61. The van der Waals surface area contributed by atoms with Gasteiger partial charge in [0.1, 0.15) is 0 Å². The lowest BCUT2D eigenvalue weighted by Crippen LogP contribution is -2.46. The van der Waals surface area contributed by atoms with E-state index in [4.69, 9.17) is 23.2 Å². The van der Waals surface area contributed by atoms with Crippen molar-refractivity contribution in [2.24, 2.45) is 11.8 Å². The quantitative estimate of drug-likeness (QED) is 0.424. The number of hydrogen-bond acceptors (Lipinski definition) is 3. The summed E-state index contributed by atoms with van der Waals surface area (Å²) >= 11 is 11.9. The topological polar surface area (TPSA) is 75.3 Å². The number of ketones is 1. The largest absolute Gasteiger partial charge is 0.346 e. The van der Waals surface area contributed by atoms with Gasteiger partial charge in [-0.05, 0) is 80.3 Å². The number of amides is 2. The normalized spacial score (nSPS) is 19.7. The summed E-state index contributed by atoms with van der Waals surface area (Å²) in [6, 6.07) is 12.2. The first-order valence-electron chi connectivity index (χ1n) is 11.9. The van der Waals surface area contributed by atoms with Crippen molar-refractivity contribution in [2.45, 2.75) is 64.8 Å². The number of Topliss-reactive ketones (excluding diaryl/α,β-unsaturated/α-hetero) is 1. The average molecular weight is 503 g/mol. The molecule has 1 saturated carbocycles. The summed E-state index contributed by atoms with van der Waals surface area (Å²) in [6.45, 7) is 5.58. The van der Waals surface area contributed by atoms with E-state index in [1.807, 2.05) is 38.1 Å². The van der Waals surface area contributed by atoms with Crippen molar-refractivity contribution >= 4 is 46.5 Å². The fourth-order valence-corrected chi connectivity index (χ4v) is 4.82. The minimum absolute atomic E-state index is 0.000636. The second kappa shape index (κ2) is 11.9. The molecule has 1 aliphatic rings. The smallest absolute Gasteiger partial charge is 0.255 e. The molecule has 2 amide bonds. The first-order valence-corrected chi connectivity index (χ1v) is 12.6. The monoisotopic (exact) mass is 502 g/mol. The number of halogens is 2. The van der Waals surface area contributed by atoms with Gasteiger partial charge in [-0.15, -0.1) is 0 Å². The molecule has 2 N–H and O–H groups in total. The highest BCUT2D eigenvalue weighted by atomic mass is 35.5. The van der Waals surface area contributed by atoms with E-state index in [9.17, 15) is 14.4 Å². The van der Waals surface area contributed by atoms with E-state index in [0.29, 0.717) is 27.2 Å². The Morgan fingerprint density at radius 2 is 1.62 bits per heavy atom. The van der Waals surface area contributed by atoms with Crippen LogP contribution in [0.3, 0.4) is 0 Å². The lowest BCUT2D eigenvalue weighted by Gasteiger charge is -2.30. The number of benzene rings is 2. The molecule has 0 aliphatic heterocycles. The van der Waals surface area contributed by atoms with E-state index in [1.54, 1.807) is 25.1 Å². The molecule has 34 heavy (non-hydrogen) atoms. The summed E-state index contributed by atoms with van der Waals surface area (Å²) in [5, 5.41) is 6.61. The summed E-state index contributed by atoms with van der Waals surface area (Å²) in [7, 11) is 0. The van der Waals surface area contributed by atoms with Gasteiger partial charge in [-0.25, -0.2) is 0 Å². The maximum atomic E-state index is 12.8. The van der Waals surface area contributed by atoms with Crippen molar-refractivity contribution in [2.75, 3.05) is 5.32 Å². The summed E-state index contributed by atoms with van der Waals surface area (Å²) in [5.74, 6) is 0.226. The van der Waals surface area contributed by atoms with E-state index < -0.39 is 6.04 Å². The van der Waals surface area contributed by atoms with Crippen LogP contribution < -0.4 is 10.6 Å². The van der Waals surface area contributed by atoms with E-state index >= 15 is 0 Å². The first kappa shape index (κ1) is 26.2. The number of hydrogen-bond donors (Lipinski definition) is 2. The van der Waals surface area contributed by atoms with Crippen LogP contribution >= 0.6 is 23.2 Å². The minimum atomic E-state index is -0.401. The standard InChI is InChI=1S/C27H32Cl2N2O3/c1-4-16(2)25(17(3)32)31-26(33)20-7-5-18(6-8-20)19-9-12-22(13-10-19)30-27(34)21-11-14-23(28)24(29)15-21/h9-16,18,20,25H,4-8H2,1-3H3,(H,30,34)(H,31,33)/t16?,18?,20?,25-/m0/s1. The second-order valence-corrected chi connectivity index (χ2v) is 10.1. The third-order valence-electron chi connectivity index (χ3n) is 6.87. The van der Waals surface area contributed by atoms with Crippen molar-refractivity contribution < 1.29 is 14.4 Å². The molecule has 2 aromatic rings. The van der Waals surface area contributed by atoms with Gasteiger partial charge in [-0.1, -0.05) is 55.6 Å². The van der Waals surface area contributed by atoms with E-state index in [2.05, 4.69) is 10.6 Å². The summed E-state index contributed by atoms with van der Waals surface area (Å²) in [6.07, 6.45) is 4.29. The molecule has 1 fully saturated rings. The zero-order chi connectivity index (χ0) is 24.8. The molecule has 2 atom stereocenters. The van der Waals surface area contributed by atoms with Crippen LogP contribution in [0.4, 0.5) is 5.69 Å². The summed E-state index contributed by atoms with van der Waals surface area (Å²) in [5.41, 5.74) is 2.34. The molecule has 0 radical (unpaired) electrons. The summed E-state index contributed by atoms with van der Waals surface area (Å²) < 4.78 is 0. The Balaban J connectivity index is 1.53. The van der Waals surface area contributed by atoms with E-state index in [0.717, 1.165) is 32.1 Å². The fraction of sp³-hybridized carbons (Fsp3) is 0.444. The molecule has 0 aromatic heterocycles. The van der Waals surface area contributed by atoms with Crippen molar-refractivity contribution in [3.8, 4) is 0 Å². The number of carbonyl (C=O) groups excluding carboxylic acids is 3. The maximum absolute atomic E-state index is 12.8. The van der Waals surface area contributed by atoms with Gasteiger partial charge in [0.05, 0.1) is 16.1 Å². The van der Waals surface area contributed by atoms with Crippen LogP contribution in [0.1, 0.15) is 74.7 Å². The molecule has 0 spiro atoms. The minimum Gasteiger partial charge on any atom is -0.346 e. The highest BCUT2D eigenvalue weighted by Gasteiger charge is 2.30. The molecule has 2 aromatic carbocycles. The lowest BCUT2D eigenvalue weighted by atomic mass is 9.78. The third-order valence-corrected chi connectivity index (χ3v) is 7.61. The molecule has 0 heterocycles. The highest BCUT2D eigenvalue weighted by Crippen LogP contribution is 2.36. The van der Waals surface area contributed by atoms with Crippen LogP contribution in [-0.2, 0) is 9.59 Å². The van der Waals surface area contributed by atoms with Gasteiger partial charge in [0.15, 0.2) is 5.78 Å². The molecule has 1 aliphatic carbocycles. The molecule has 0 saturated heterocycles. The molecule has 1 unspecified atom stereocenters. The zero-order valence-electron chi connectivity index (χ0n) is 19.9. The van der Waals surface area contributed by atoms with Gasteiger partial charge in [-0.2, -0.15) is 0 Å². The van der Waals surface area contributed by atoms with Crippen molar-refractivity contribution in [3.05, 3.63) is 63.6 Å². The van der Waals surface area contributed by atoms with Gasteiger partial charge >= 0.3 is 0 Å². The average Bonchev–Trinajstić information content (AvgIpc) is 2.84. The van der Waals surface area contributed by atoms with Crippen molar-refractivity contribution in [1.29, 1.82) is 0 Å². The second-order valence-electron chi connectivity index (χ2n) is 9.24. The molecular formula is C27H32Cl2N2O3. The van der Waals surface area contributed by atoms with Gasteiger partial charge < -0.3 is 10.6 Å². The van der Waals surface area contributed by atoms with Gasteiger partial charge in [0, 0.05) is 17.2 Å². The zero-order valence-corrected chi connectivity index (χ0v) is 21.4. The predicted octanol–water partition coefficient (Wildman–Crippen LogP) is 6.64. The van der Waals surface area contributed by atoms with Crippen molar-refractivity contribution in [3.63, 3.8) is 0 Å². The van der Waals surface area contributed by atoms with Crippen LogP contribution in [0.5, 0.6) is 0 Å². The Labute approximate surface area is 211 Å². The maximum Gasteiger partial charge on any atom is 0.255 e. The van der Waals surface area contributed by atoms with Crippen LogP contribution in [0.2, 0.25) is 10.0 Å². The SMILES string of the molecule is CCC(C)[C@H](NC(=O)C1CCC(c2ccc(NC(=O)c3ccc(Cl)c(Cl)c3)cc2)CC1)C(C)=O. The Morgan fingerprint density at radius 1 is 0.971 bits per heavy atom. The first-order chi connectivity index (χ1) is 16.2. The van der Waals surface area contributed by atoms with E-state index in [1.165, 1.54) is 5.56 Å². The van der Waals surface area contributed by atoms with Crippen LogP contribution in [0.25, 0.3) is 0 Å². The Bertz CT molecular complexity index is 1030. The molecule has 5 nitrogen and oxygen atoms in total. The van der Waals surface area contributed by atoms with Crippen molar-refractivity contribution in [1.82, 2.24) is 5.32 Å². The van der Waals surface area contributed by atoms with Gasteiger partial charge in [0.25, 0.3) is 5.91 Å². The Kier molecular flexibility index (Phi) is 9.15. The molecule has 3 rings (SSSR count). The highest BCUT2D eigenvalue weighted by molar-refractivity contribution is 6.42. The number of carbonyl (C=O) groups is 3. The number of nitrogens with one attached hydrogen (secondary N) is 2. The Hall–Kier alpha value is -2.37. The molecule has 7 heteroatoms. The predicted molar refractivity (Wildman–Crippen MR) is 138 cm³/mol. The molecule has 0 bridgehead atoms. The Morgan fingerprint density at radius 3 is 2.18 bits per heavy atom. The molecular weight excluding hydrogens is 471 g/mol. The van der Waals surface area contributed by atoms with E-state index in [-0.39, 0.29) is 29.4 Å². The van der Waals surface area contributed by atoms with Gasteiger partial charge in [-0.3, -0.25) is 14.4 Å².